The van der Waals surface area contributed by atoms with E-state index in [1.54, 1.807) is 0 Å². The molecule has 0 heteroatoms. The molecule has 0 nitrogen and oxygen atoms in total. The van der Waals surface area contributed by atoms with E-state index >= 15 is 0 Å². The minimum absolute atomic E-state index is 0.387. The summed E-state index contributed by atoms with van der Waals surface area (Å²) in [6.45, 7) is 4.50. The van der Waals surface area contributed by atoms with Gasteiger partial charge in [0.05, 0.1) is 0 Å². The molecule has 2 aliphatic carbocycles. The predicted molar refractivity (Wildman–Crippen MR) is 179 cm³/mol. The van der Waals surface area contributed by atoms with Gasteiger partial charge in [-0.3, -0.25) is 0 Å². The molecule has 0 spiro atoms. The molecule has 0 aliphatic heterocycles. The van der Waals surface area contributed by atoms with E-state index in [1.807, 2.05) is 0 Å². The van der Waals surface area contributed by atoms with Gasteiger partial charge in [-0.25, -0.2) is 0 Å². The first-order valence-corrected chi connectivity index (χ1v) is 15.3. The fraction of sp³-hybridized carbons (Fsp3) is 0.143. The van der Waals surface area contributed by atoms with E-state index < -0.39 is 0 Å². The lowest BCUT2D eigenvalue weighted by molar-refractivity contribution is 0.619. The van der Waals surface area contributed by atoms with Crippen LogP contribution >= 0.6 is 0 Å². The minimum Gasteiger partial charge on any atom is -0.0801 e. The van der Waals surface area contributed by atoms with Crippen LogP contribution in [0.4, 0.5) is 0 Å². The van der Waals surface area contributed by atoms with Crippen molar-refractivity contribution in [1.82, 2.24) is 0 Å². The molecule has 0 radical (unpaired) electrons. The van der Waals surface area contributed by atoms with Crippen LogP contribution in [0.15, 0.2) is 133 Å². The molecule has 0 bridgehead atoms. The Morgan fingerprint density at radius 2 is 1.00 bits per heavy atom. The maximum Gasteiger partial charge on any atom is 0.0105 e. The average molecular weight is 539 g/mol. The van der Waals surface area contributed by atoms with Crippen molar-refractivity contribution >= 4 is 32.7 Å². The molecule has 0 amide bonds. The van der Waals surface area contributed by atoms with Crippen LogP contribution in [-0.2, 0) is 0 Å². The summed E-state index contributed by atoms with van der Waals surface area (Å²) in [5.41, 5.74) is 12.5. The molecule has 6 aromatic rings. The summed E-state index contributed by atoms with van der Waals surface area (Å²) in [5.74, 6) is 0.387. The van der Waals surface area contributed by atoms with Crippen LogP contribution in [0.1, 0.15) is 41.5 Å². The molecule has 0 saturated carbocycles. The van der Waals surface area contributed by atoms with Crippen molar-refractivity contribution in [2.75, 3.05) is 0 Å². The third-order valence-corrected chi connectivity index (χ3v) is 9.59. The van der Waals surface area contributed by atoms with E-state index in [4.69, 9.17) is 0 Å². The van der Waals surface area contributed by atoms with Gasteiger partial charge in [-0.15, -0.1) is 0 Å². The van der Waals surface area contributed by atoms with Crippen molar-refractivity contribution < 1.29 is 0 Å². The molecular weight excluding hydrogens is 504 g/mol. The first kappa shape index (κ1) is 25.1. The van der Waals surface area contributed by atoms with Gasteiger partial charge in [-0.05, 0) is 115 Å². The fourth-order valence-corrected chi connectivity index (χ4v) is 7.76. The third-order valence-electron chi connectivity index (χ3n) is 9.59. The average Bonchev–Trinajstić information content (AvgIpc) is 3.04. The van der Waals surface area contributed by atoms with E-state index in [-0.39, 0.29) is 0 Å². The van der Waals surface area contributed by atoms with Gasteiger partial charge in [-0.1, -0.05) is 127 Å². The molecule has 0 fully saturated rings. The molecule has 8 rings (SSSR count). The number of allylic oxidation sites excluding steroid dienone is 2. The van der Waals surface area contributed by atoms with Gasteiger partial charge in [0, 0.05) is 5.92 Å². The van der Waals surface area contributed by atoms with Crippen LogP contribution in [0.25, 0.3) is 43.8 Å². The van der Waals surface area contributed by atoms with Crippen molar-refractivity contribution in [3.8, 4) is 11.1 Å². The smallest absolute Gasteiger partial charge is 0.0105 e. The number of hydrogen-bond donors (Lipinski definition) is 0. The molecule has 0 aromatic heterocycles. The number of rotatable bonds is 3. The Hall–Kier alpha value is -4.68. The van der Waals surface area contributed by atoms with Crippen molar-refractivity contribution in [2.45, 2.75) is 33.1 Å². The van der Waals surface area contributed by atoms with Gasteiger partial charge in [0.1, 0.15) is 0 Å². The zero-order valence-corrected chi connectivity index (χ0v) is 24.3. The van der Waals surface area contributed by atoms with Crippen molar-refractivity contribution in [2.24, 2.45) is 5.92 Å². The van der Waals surface area contributed by atoms with Crippen molar-refractivity contribution in [3.05, 3.63) is 166 Å². The summed E-state index contributed by atoms with van der Waals surface area (Å²) in [7, 11) is 0. The zero-order valence-electron chi connectivity index (χ0n) is 24.3. The largest absolute Gasteiger partial charge is 0.0801 e. The number of hydrogen-bond acceptors (Lipinski definition) is 0. The van der Waals surface area contributed by atoms with E-state index in [1.165, 1.54) is 94.9 Å². The third kappa shape index (κ3) is 3.75. The van der Waals surface area contributed by atoms with Crippen LogP contribution in [0.3, 0.4) is 0 Å². The lowest BCUT2D eigenvalue weighted by Gasteiger charge is -2.34. The van der Waals surface area contributed by atoms with Gasteiger partial charge >= 0.3 is 0 Å². The van der Waals surface area contributed by atoms with E-state index in [0.717, 1.165) is 6.42 Å². The number of benzene rings is 6. The van der Waals surface area contributed by atoms with Crippen LogP contribution in [-0.4, -0.2) is 0 Å². The Bertz CT molecular complexity index is 2130. The first-order valence-electron chi connectivity index (χ1n) is 15.3. The second-order valence-corrected chi connectivity index (χ2v) is 11.9. The molecule has 6 aromatic carbocycles. The molecular formula is C42H34. The van der Waals surface area contributed by atoms with Gasteiger partial charge in [0.2, 0.25) is 0 Å². The van der Waals surface area contributed by atoms with Crippen LogP contribution in [0.5, 0.6) is 0 Å². The molecule has 202 valence electrons. The fourth-order valence-electron chi connectivity index (χ4n) is 7.76. The summed E-state index contributed by atoms with van der Waals surface area (Å²) >= 11 is 0. The summed E-state index contributed by atoms with van der Waals surface area (Å²) in [6.07, 6.45) is 6.11. The highest BCUT2D eigenvalue weighted by Crippen LogP contribution is 2.48. The lowest BCUT2D eigenvalue weighted by Crippen LogP contribution is -2.38. The monoisotopic (exact) mass is 538 g/mol. The number of fused-ring (bicyclic) bond motifs is 4. The number of aryl methyl sites for hydroxylation is 2. The standard InChI is InChI=1S/C42H34/c1-27-15-3-5-17-29(27)39-31-19-7-11-23-35(31)41(36-24-12-8-20-32(36)39)42-37-25-13-9-21-33(37)40(30-18-6-4-16-28(30)2)34-22-10-14-26-38(34)42/h3-9,11-13,15-21,23-26,34H,10,14,22H2,1-2H3. The lowest BCUT2D eigenvalue weighted by atomic mass is 9.69. The van der Waals surface area contributed by atoms with Crippen LogP contribution in [0.2, 0.25) is 0 Å². The second-order valence-electron chi connectivity index (χ2n) is 11.9. The topological polar surface area (TPSA) is 0 Å². The molecule has 2 aliphatic rings. The van der Waals surface area contributed by atoms with Gasteiger partial charge in [-0.2, -0.15) is 0 Å². The van der Waals surface area contributed by atoms with Crippen molar-refractivity contribution in [1.29, 1.82) is 0 Å². The summed E-state index contributed by atoms with van der Waals surface area (Å²) in [4.78, 5) is 0. The quantitative estimate of drug-likeness (QED) is 0.197. The van der Waals surface area contributed by atoms with E-state index in [9.17, 15) is 0 Å². The van der Waals surface area contributed by atoms with Gasteiger partial charge in [0.15, 0.2) is 0 Å². The Labute approximate surface area is 248 Å². The summed E-state index contributed by atoms with van der Waals surface area (Å²) < 4.78 is 0. The highest BCUT2D eigenvalue weighted by atomic mass is 14.4. The van der Waals surface area contributed by atoms with Gasteiger partial charge < -0.3 is 0 Å². The van der Waals surface area contributed by atoms with Crippen molar-refractivity contribution in [3.63, 3.8) is 0 Å². The highest BCUT2D eigenvalue weighted by Gasteiger charge is 2.32. The minimum atomic E-state index is 0.387. The van der Waals surface area contributed by atoms with Crippen LogP contribution < -0.4 is 10.4 Å². The maximum atomic E-state index is 2.57. The van der Waals surface area contributed by atoms with Crippen LogP contribution in [0, 0.1) is 19.8 Å². The normalized spacial score (nSPS) is 16.3. The second kappa shape index (κ2) is 10.00. The summed E-state index contributed by atoms with van der Waals surface area (Å²) in [6, 6.07) is 45.2. The van der Waals surface area contributed by atoms with E-state index in [0.29, 0.717) is 5.92 Å². The molecule has 1 atom stereocenters. The SMILES string of the molecule is Cc1ccccc1C1=c2ccccc2=C(c2c3ccccc3c(-c3ccccc3C)c3ccccc23)C2=CCCCC21. The molecule has 0 N–H and O–H groups in total. The molecule has 42 heavy (non-hydrogen) atoms. The molecule has 0 heterocycles. The maximum absolute atomic E-state index is 2.57. The first-order chi connectivity index (χ1) is 20.7. The Kier molecular flexibility index (Phi) is 5.97. The Balaban J connectivity index is 1.60. The Morgan fingerprint density at radius 3 is 1.62 bits per heavy atom. The zero-order chi connectivity index (χ0) is 28.2. The van der Waals surface area contributed by atoms with Gasteiger partial charge in [0.25, 0.3) is 0 Å². The highest BCUT2D eigenvalue weighted by molar-refractivity contribution is 6.20. The van der Waals surface area contributed by atoms with E-state index in [2.05, 4.69) is 141 Å². The Morgan fingerprint density at radius 1 is 0.500 bits per heavy atom. The predicted octanol–water partition coefficient (Wildman–Crippen LogP) is 9.41. The molecule has 0 saturated heterocycles. The molecule has 1 unspecified atom stereocenters. The summed E-state index contributed by atoms with van der Waals surface area (Å²) in [5, 5.41) is 8.08.